The van der Waals surface area contributed by atoms with E-state index < -0.39 is 0 Å². The number of hydrogen-bond donors (Lipinski definition) is 1. The molecule has 1 nitrogen and oxygen atoms in total. The highest BCUT2D eigenvalue weighted by Crippen LogP contribution is 2.57. The monoisotopic (exact) mass is 83.1 g/mol. The van der Waals surface area contributed by atoms with Gasteiger partial charge in [0.05, 0.1) is 0 Å². The first kappa shape index (κ1) is 3.03. The van der Waals surface area contributed by atoms with Crippen LogP contribution in [-0.2, 0) is 0 Å². The fourth-order valence-electron chi connectivity index (χ4n) is 1.32. The average Bonchev–Trinajstić information content (AvgIpc) is 1.88. The SMILES string of the molecule is NC12CCC1C2. The zero-order valence-electron chi connectivity index (χ0n) is 3.78. The largest absolute Gasteiger partial charge is 0.325 e. The number of fused-ring (bicyclic) bond motifs is 1. The lowest BCUT2D eigenvalue weighted by molar-refractivity contribution is 0.400. The molecule has 0 bridgehead atoms. The van der Waals surface area contributed by atoms with Gasteiger partial charge in [-0.2, -0.15) is 0 Å². The molecule has 0 saturated heterocycles. The highest BCUT2D eigenvalue weighted by Gasteiger charge is 2.57. The first-order valence-electron chi connectivity index (χ1n) is 2.60. The van der Waals surface area contributed by atoms with Gasteiger partial charge in [-0.25, -0.2) is 0 Å². The van der Waals surface area contributed by atoms with Gasteiger partial charge in [0.25, 0.3) is 0 Å². The van der Waals surface area contributed by atoms with Crippen LogP contribution in [-0.4, -0.2) is 5.54 Å². The summed E-state index contributed by atoms with van der Waals surface area (Å²) in [7, 11) is 0. The maximum absolute atomic E-state index is 5.70. The van der Waals surface area contributed by atoms with Crippen LogP contribution in [0.2, 0.25) is 0 Å². The van der Waals surface area contributed by atoms with Gasteiger partial charge in [0.15, 0.2) is 0 Å². The van der Waals surface area contributed by atoms with Crippen LogP contribution in [0.25, 0.3) is 0 Å². The van der Waals surface area contributed by atoms with E-state index in [1.807, 2.05) is 0 Å². The third-order valence-electron chi connectivity index (χ3n) is 2.24. The Morgan fingerprint density at radius 2 is 2.33 bits per heavy atom. The van der Waals surface area contributed by atoms with Gasteiger partial charge in [-0.05, 0) is 25.2 Å². The van der Waals surface area contributed by atoms with Crippen LogP contribution in [0.3, 0.4) is 0 Å². The van der Waals surface area contributed by atoms with Gasteiger partial charge in [0, 0.05) is 5.54 Å². The van der Waals surface area contributed by atoms with E-state index >= 15 is 0 Å². The Labute approximate surface area is 37.5 Å². The fourth-order valence-corrected chi connectivity index (χ4v) is 1.32. The number of rotatable bonds is 0. The molecule has 2 aliphatic carbocycles. The smallest absolute Gasteiger partial charge is 0.0187 e. The highest BCUT2D eigenvalue weighted by molar-refractivity contribution is 5.15. The standard InChI is InChI=1S/C5H9N/c6-5-2-1-4(5)3-5/h4H,1-3,6H2. The van der Waals surface area contributed by atoms with Crippen molar-refractivity contribution in [3.05, 3.63) is 0 Å². The minimum Gasteiger partial charge on any atom is -0.325 e. The molecule has 6 heavy (non-hydrogen) atoms. The van der Waals surface area contributed by atoms with Crippen molar-refractivity contribution in [2.45, 2.75) is 24.8 Å². The van der Waals surface area contributed by atoms with E-state index in [4.69, 9.17) is 5.73 Å². The second-order valence-corrected chi connectivity index (χ2v) is 2.67. The van der Waals surface area contributed by atoms with E-state index in [-0.39, 0.29) is 0 Å². The van der Waals surface area contributed by atoms with Crippen molar-refractivity contribution in [3.8, 4) is 0 Å². The van der Waals surface area contributed by atoms with Crippen LogP contribution < -0.4 is 5.73 Å². The van der Waals surface area contributed by atoms with Gasteiger partial charge in [-0.3, -0.25) is 0 Å². The number of hydrogen-bond acceptors (Lipinski definition) is 1. The van der Waals surface area contributed by atoms with Gasteiger partial charge in [0.1, 0.15) is 0 Å². The lowest BCUT2D eigenvalue weighted by Crippen LogP contribution is -2.31. The predicted octanol–water partition coefficient (Wildman–Crippen LogP) is 0.498. The Hall–Kier alpha value is -0.0400. The van der Waals surface area contributed by atoms with Gasteiger partial charge < -0.3 is 5.73 Å². The molecule has 2 fully saturated rings. The van der Waals surface area contributed by atoms with Crippen LogP contribution in [0.4, 0.5) is 0 Å². The van der Waals surface area contributed by atoms with Gasteiger partial charge in [0.2, 0.25) is 0 Å². The van der Waals surface area contributed by atoms with Crippen LogP contribution in [0.5, 0.6) is 0 Å². The zero-order chi connectivity index (χ0) is 4.20. The minimum absolute atomic E-state index is 0.389. The molecule has 2 rings (SSSR count). The summed E-state index contributed by atoms with van der Waals surface area (Å²) in [6.45, 7) is 0. The average molecular weight is 83.1 g/mol. The van der Waals surface area contributed by atoms with Gasteiger partial charge in [-0.1, -0.05) is 0 Å². The summed E-state index contributed by atoms with van der Waals surface area (Å²) in [4.78, 5) is 0. The van der Waals surface area contributed by atoms with E-state index in [0.29, 0.717) is 5.54 Å². The van der Waals surface area contributed by atoms with Crippen molar-refractivity contribution in [2.75, 3.05) is 0 Å². The third-order valence-corrected chi connectivity index (χ3v) is 2.24. The van der Waals surface area contributed by atoms with Gasteiger partial charge >= 0.3 is 0 Å². The molecule has 2 atom stereocenters. The van der Waals surface area contributed by atoms with E-state index in [0.717, 1.165) is 5.92 Å². The Morgan fingerprint density at radius 1 is 1.67 bits per heavy atom. The molecule has 2 aliphatic rings. The summed E-state index contributed by atoms with van der Waals surface area (Å²) in [6.07, 6.45) is 4.04. The summed E-state index contributed by atoms with van der Waals surface area (Å²) in [5, 5.41) is 0. The second kappa shape index (κ2) is 0.544. The molecule has 2 N–H and O–H groups in total. The van der Waals surface area contributed by atoms with Crippen molar-refractivity contribution in [3.63, 3.8) is 0 Å². The number of nitrogens with two attached hydrogens (primary N) is 1. The van der Waals surface area contributed by atoms with Crippen molar-refractivity contribution >= 4 is 0 Å². The zero-order valence-corrected chi connectivity index (χ0v) is 3.78. The predicted molar refractivity (Wildman–Crippen MR) is 24.3 cm³/mol. The minimum atomic E-state index is 0.389. The molecule has 0 spiro atoms. The molecule has 0 aromatic carbocycles. The quantitative estimate of drug-likeness (QED) is 0.453. The maximum atomic E-state index is 5.70. The first-order valence-corrected chi connectivity index (χ1v) is 2.60. The molecule has 0 aromatic heterocycles. The van der Waals surface area contributed by atoms with Gasteiger partial charge in [-0.15, -0.1) is 0 Å². The molecule has 1 heteroatoms. The van der Waals surface area contributed by atoms with Crippen molar-refractivity contribution in [1.29, 1.82) is 0 Å². The summed E-state index contributed by atoms with van der Waals surface area (Å²) in [5.41, 5.74) is 6.08. The molecule has 34 valence electrons. The molecular formula is C5H9N. The molecular weight excluding hydrogens is 74.1 g/mol. The van der Waals surface area contributed by atoms with E-state index in [1.165, 1.54) is 19.3 Å². The summed E-state index contributed by atoms with van der Waals surface area (Å²) < 4.78 is 0. The molecule has 0 aliphatic heterocycles. The van der Waals surface area contributed by atoms with Crippen LogP contribution in [0, 0.1) is 5.92 Å². The van der Waals surface area contributed by atoms with E-state index in [2.05, 4.69) is 0 Å². The Morgan fingerprint density at radius 3 is 2.33 bits per heavy atom. The van der Waals surface area contributed by atoms with Crippen molar-refractivity contribution < 1.29 is 0 Å². The van der Waals surface area contributed by atoms with E-state index in [9.17, 15) is 0 Å². The Balaban J connectivity index is 2.22. The second-order valence-electron chi connectivity index (χ2n) is 2.67. The molecule has 0 amide bonds. The molecule has 2 saturated carbocycles. The van der Waals surface area contributed by atoms with Crippen LogP contribution in [0.1, 0.15) is 19.3 Å². The van der Waals surface area contributed by atoms with E-state index in [1.54, 1.807) is 0 Å². The Bertz CT molecular complexity index is 85.9. The molecule has 0 aromatic rings. The normalized spacial score (nSPS) is 62.5. The summed E-state index contributed by atoms with van der Waals surface area (Å²) >= 11 is 0. The Kier molecular flexibility index (Phi) is 0.274. The van der Waals surface area contributed by atoms with Crippen LogP contribution in [0.15, 0.2) is 0 Å². The van der Waals surface area contributed by atoms with Crippen LogP contribution >= 0.6 is 0 Å². The van der Waals surface area contributed by atoms with Crippen molar-refractivity contribution in [2.24, 2.45) is 11.7 Å². The van der Waals surface area contributed by atoms with Crippen molar-refractivity contribution in [1.82, 2.24) is 0 Å². The fraction of sp³-hybridized carbons (Fsp3) is 1.00. The highest BCUT2D eigenvalue weighted by atomic mass is 14.9. The topological polar surface area (TPSA) is 26.0 Å². The molecule has 2 unspecified atom stereocenters. The first-order chi connectivity index (χ1) is 2.81. The summed E-state index contributed by atoms with van der Waals surface area (Å²) in [6, 6.07) is 0. The molecule has 0 heterocycles. The lowest BCUT2D eigenvalue weighted by atomic mass is 9.94. The lowest BCUT2D eigenvalue weighted by Gasteiger charge is -2.18. The third kappa shape index (κ3) is 0.155. The molecule has 0 radical (unpaired) electrons. The summed E-state index contributed by atoms with van der Waals surface area (Å²) in [5.74, 6) is 0.956. The maximum Gasteiger partial charge on any atom is 0.0187 e.